The quantitative estimate of drug-likeness (QED) is 0.385. The van der Waals surface area contributed by atoms with Crippen LogP contribution in [0.5, 0.6) is 5.75 Å². The van der Waals surface area contributed by atoms with Gasteiger partial charge in [0.05, 0.1) is 13.4 Å². The first-order chi connectivity index (χ1) is 13.7. The average molecular weight is 372 g/mol. The summed E-state index contributed by atoms with van der Waals surface area (Å²) >= 11 is 0. The molecule has 8 nitrogen and oxygen atoms in total. The minimum Gasteiger partial charge on any atom is -0.494 e. The lowest BCUT2D eigenvalue weighted by atomic mass is 10.0. The number of rotatable bonds is 4. The van der Waals surface area contributed by atoms with Crippen LogP contribution in [0, 0.1) is 0 Å². The van der Waals surface area contributed by atoms with Gasteiger partial charge in [0.1, 0.15) is 22.5 Å². The smallest absolute Gasteiger partial charge is 0.278 e. The third-order valence-corrected chi connectivity index (χ3v) is 4.66. The molecular formula is C20H16N6O2. The van der Waals surface area contributed by atoms with E-state index in [9.17, 15) is 4.79 Å². The zero-order valence-electron chi connectivity index (χ0n) is 14.9. The Bertz CT molecular complexity index is 1300. The Balaban J connectivity index is 1.61. The highest BCUT2D eigenvalue weighted by molar-refractivity contribution is 6.04. The van der Waals surface area contributed by atoms with Crippen molar-refractivity contribution in [2.24, 2.45) is 0 Å². The number of amides is 1. The van der Waals surface area contributed by atoms with Gasteiger partial charge in [-0.2, -0.15) is 0 Å². The normalized spacial score (nSPS) is 11.2. The fraction of sp³-hybridized carbons (Fsp3) is 0.0500. The van der Waals surface area contributed by atoms with Crippen molar-refractivity contribution >= 4 is 33.8 Å². The number of aromatic nitrogens is 5. The number of nitrogens with one attached hydrogen (secondary N) is 4. The van der Waals surface area contributed by atoms with Gasteiger partial charge < -0.3 is 19.7 Å². The van der Waals surface area contributed by atoms with Crippen molar-refractivity contribution in [2.45, 2.75) is 0 Å². The first-order valence-electron chi connectivity index (χ1n) is 8.67. The molecule has 0 radical (unpaired) electrons. The summed E-state index contributed by atoms with van der Waals surface area (Å²) in [6, 6.07) is 12.1. The summed E-state index contributed by atoms with van der Waals surface area (Å²) < 4.78 is 5.46. The van der Waals surface area contributed by atoms with Gasteiger partial charge in [-0.05, 0) is 35.2 Å². The van der Waals surface area contributed by atoms with E-state index in [1.165, 1.54) is 12.5 Å². The molecule has 1 amide bonds. The maximum atomic E-state index is 12.3. The van der Waals surface area contributed by atoms with Crippen LogP contribution in [0.3, 0.4) is 0 Å². The van der Waals surface area contributed by atoms with E-state index in [0.717, 1.165) is 22.0 Å². The second-order valence-corrected chi connectivity index (χ2v) is 6.31. The summed E-state index contributed by atoms with van der Waals surface area (Å²) in [6.07, 6.45) is 4.89. The fourth-order valence-corrected chi connectivity index (χ4v) is 3.30. The van der Waals surface area contributed by atoms with E-state index >= 15 is 0 Å². The maximum Gasteiger partial charge on any atom is 0.278 e. The second-order valence-electron chi connectivity index (χ2n) is 6.31. The van der Waals surface area contributed by atoms with Gasteiger partial charge in [0.25, 0.3) is 5.91 Å². The summed E-state index contributed by atoms with van der Waals surface area (Å²) in [5, 5.41) is 3.88. The van der Waals surface area contributed by atoms with E-state index in [1.54, 1.807) is 7.11 Å². The molecule has 5 aromatic rings. The molecule has 0 unspecified atom stereocenters. The Hall–Kier alpha value is -4.07. The van der Waals surface area contributed by atoms with Gasteiger partial charge in [0, 0.05) is 23.5 Å². The van der Waals surface area contributed by atoms with Crippen LogP contribution >= 0.6 is 0 Å². The maximum absolute atomic E-state index is 12.3. The molecule has 3 aromatic heterocycles. The van der Waals surface area contributed by atoms with Crippen molar-refractivity contribution in [2.75, 3.05) is 12.4 Å². The number of aromatic amines is 3. The molecule has 0 aliphatic carbocycles. The first kappa shape index (κ1) is 16.1. The topological polar surface area (TPSA) is 111 Å². The van der Waals surface area contributed by atoms with Crippen molar-refractivity contribution < 1.29 is 9.53 Å². The highest BCUT2D eigenvalue weighted by Crippen LogP contribution is 2.35. The number of imidazole rings is 2. The zero-order valence-corrected chi connectivity index (χ0v) is 14.9. The molecule has 0 bridgehead atoms. The van der Waals surface area contributed by atoms with E-state index in [1.807, 2.05) is 30.5 Å². The number of methoxy groups -OCH3 is 1. The third-order valence-electron chi connectivity index (χ3n) is 4.66. The number of anilines is 1. The minimum absolute atomic E-state index is 0.282. The molecule has 28 heavy (non-hydrogen) atoms. The molecule has 0 aliphatic heterocycles. The van der Waals surface area contributed by atoms with Crippen LogP contribution in [0.25, 0.3) is 33.1 Å². The van der Waals surface area contributed by atoms with Gasteiger partial charge >= 0.3 is 0 Å². The van der Waals surface area contributed by atoms with E-state index in [0.29, 0.717) is 22.7 Å². The van der Waals surface area contributed by atoms with Crippen LogP contribution in [0.1, 0.15) is 10.5 Å². The summed E-state index contributed by atoms with van der Waals surface area (Å²) in [4.78, 5) is 30.0. The predicted octanol–water partition coefficient (Wildman–Crippen LogP) is 3.70. The van der Waals surface area contributed by atoms with Gasteiger partial charge in [0.2, 0.25) is 5.95 Å². The van der Waals surface area contributed by atoms with Crippen molar-refractivity contribution in [3.05, 3.63) is 60.8 Å². The standard InChI is InChI=1S/C20H16N6O2/c1-28-16-5-4-13(12-3-2-11-6-7-22-14(11)8-12)17-18(16)25-20(24-17)26-19(27)15-9-21-10-23-15/h2-10,22H,1H3,(H,21,23)(H2,24,25,26,27). The highest BCUT2D eigenvalue weighted by Gasteiger charge is 2.16. The summed E-state index contributed by atoms with van der Waals surface area (Å²) in [5.41, 5.74) is 4.70. The van der Waals surface area contributed by atoms with Crippen molar-refractivity contribution in [1.29, 1.82) is 0 Å². The van der Waals surface area contributed by atoms with Gasteiger partial charge in [0.15, 0.2) is 0 Å². The molecule has 0 spiro atoms. The summed E-state index contributed by atoms with van der Waals surface area (Å²) in [7, 11) is 1.60. The number of hydrogen-bond donors (Lipinski definition) is 4. The van der Waals surface area contributed by atoms with Crippen LogP contribution in [0.4, 0.5) is 5.95 Å². The number of fused-ring (bicyclic) bond motifs is 2. The van der Waals surface area contributed by atoms with Gasteiger partial charge in [-0.15, -0.1) is 0 Å². The predicted molar refractivity (Wildman–Crippen MR) is 106 cm³/mol. The van der Waals surface area contributed by atoms with Crippen LogP contribution in [0.2, 0.25) is 0 Å². The van der Waals surface area contributed by atoms with E-state index in [2.05, 4.69) is 42.4 Å². The lowest BCUT2D eigenvalue weighted by molar-refractivity contribution is 0.102. The van der Waals surface area contributed by atoms with Crippen LogP contribution < -0.4 is 10.1 Å². The Morgan fingerprint density at radius 3 is 2.93 bits per heavy atom. The Labute approximate surface area is 159 Å². The Morgan fingerprint density at radius 2 is 2.11 bits per heavy atom. The summed E-state index contributed by atoms with van der Waals surface area (Å²) in [5.74, 6) is 0.621. The van der Waals surface area contributed by atoms with Gasteiger partial charge in [-0.3, -0.25) is 10.1 Å². The van der Waals surface area contributed by atoms with Crippen molar-refractivity contribution in [1.82, 2.24) is 24.9 Å². The first-order valence-corrected chi connectivity index (χ1v) is 8.67. The highest BCUT2D eigenvalue weighted by atomic mass is 16.5. The lowest BCUT2D eigenvalue weighted by Crippen LogP contribution is -2.13. The molecule has 5 rings (SSSR count). The molecule has 0 atom stereocenters. The van der Waals surface area contributed by atoms with Gasteiger partial charge in [-0.25, -0.2) is 9.97 Å². The van der Waals surface area contributed by atoms with Crippen LogP contribution in [-0.4, -0.2) is 37.9 Å². The zero-order chi connectivity index (χ0) is 19.1. The molecule has 0 saturated heterocycles. The monoisotopic (exact) mass is 372 g/mol. The molecule has 0 aliphatic rings. The number of H-pyrrole nitrogens is 3. The SMILES string of the molecule is COc1ccc(-c2ccc3cc[nH]c3c2)c2nc(NC(=O)c3c[nH]cn3)[nH]c12. The Morgan fingerprint density at radius 1 is 1.18 bits per heavy atom. The number of carbonyl (C=O) groups is 1. The number of ether oxygens (including phenoxy) is 1. The molecule has 2 aromatic carbocycles. The van der Waals surface area contributed by atoms with Crippen LogP contribution in [-0.2, 0) is 0 Å². The average Bonchev–Trinajstić information content (AvgIpc) is 3.46. The van der Waals surface area contributed by atoms with E-state index in [-0.39, 0.29) is 11.6 Å². The third kappa shape index (κ3) is 2.59. The molecule has 0 fully saturated rings. The molecule has 8 heteroatoms. The number of benzene rings is 2. The second kappa shape index (κ2) is 6.27. The van der Waals surface area contributed by atoms with Crippen molar-refractivity contribution in [3.8, 4) is 16.9 Å². The van der Waals surface area contributed by atoms with Crippen molar-refractivity contribution in [3.63, 3.8) is 0 Å². The number of hydrogen-bond acceptors (Lipinski definition) is 4. The lowest BCUT2D eigenvalue weighted by Gasteiger charge is -2.06. The molecule has 3 heterocycles. The largest absolute Gasteiger partial charge is 0.494 e. The van der Waals surface area contributed by atoms with Crippen LogP contribution in [0.15, 0.2) is 55.1 Å². The molecule has 0 saturated carbocycles. The number of nitrogens with zero attached hydrogens (tertiary/aromatic N) is 2. The number of carbonyl (C=O) groups excluding carboxylic acids is 1. The Kier molecular flexibility index (Phi) is 3.61. The van der Waals surface area contributed by atoms with Gasteiger partial charge in [-0.1, -0.05) is 12.1 Å². The van der Waals surface area contributed by atoms with E-state index < -0.39 is 0 Å². The molecular weight excluding hydrogens is 356 g/mol. The fourth-order valence-electron chi connectivity index (χ4n) is 3.30. The molecule has 138 valence electrons. The minimum atomic E-state index is -0.353. The van der Waals surface area contributed by atoms with E-state index in [4.69, 9.17) is 4.74 Å². The summed E-state index contributed by atoms with van der Waals surface area (Å²) in [6.45, 7) is 0. The molecule has 4 N–H and O–H groups in total.